The molecule has 0 bridgehead atoms. The molecule has 134 valence electrons. The van der Waals surface area contributed by atoms with Gasteiger partial charge in [-0.05, 0) is 42.7 Å². The highest BCUT2D eigenvalue weighted by Gasteiger charge is 2.34. The maximum atomic E-state index is 12.8. The first-order chi connectivity index (χ1) is 12.1. The van der Waals surface area contributed by atoms with E-state index < -0.39 is 0 Å². The van der Waals surface area contributed by atoms with Gasteiger partial charge in [-0.2, -0.15) is 5.10 Å². The lowest BCUT2D eigenvalue weighted by Crippen LogP contribution is -2.28. The van der Waals surface area contributed by atoms with Gasteiger partial charge in [0.15, 0.2) is 0 Å². The lowest BCUT2D eigenvalue weighted by molar-refractivity contribution is -0.119. The summed E-state index contributed by atoms with van der Waals surface area (Å²) in [7, 11) is 1.90. The largest absolute Gasteiger partial charge is 0.494 e. The summed E-state index contributed by atoms with van der Waals surface area (Å²) in [5, 5.41) is 10.6. The minimum Gasteiger partial charge on any atom is -0.494 e. The third kappa shape index (κ3) is 4.02. The van der Waals surface area contributed by atoms with Crippen LogP contribution >= 0.6 is 0 Å². The quantitative estimate of drug-likeness (QED) is 0.846. The fourth-order valence-corrected chi connectivity index (χ4v) is 3.25. The van der Waals surface area contributed by atoms with Gasteiger partial charge < -0.3 is 15.4 Å². The molecule has 0 aliphatic carbocycles. The number of amides is 1. The van der Waals surface area contributed by atoms with Gasteiger partial charge in [0.05, 0.1) is 18.7 Å². The molecule has 2 N–H and O–H groups in total. The van der Waals surface area contributed by atoms with E-state index in [0.29, 0.717) is 13.2 Å². The standard InChI is InChI=1S/C19H26N4O2/c1-4-7-25-15-5-6-18(13(2)8-15)22-19(24)17-11-20-10-16(17)14-9-21-23(3)12-14/h5-6,8-9,12,16-17,20H,4,7,10-11H2,1-3H3,(H,22,24)/t16-,17+/m1/s1. The molecule has 1 fully saturated rings. The molecular formula is C19H26N4O2. The predicted octanol–water partition coefficient (Wildman–Crippen LogP) is 2.46. The van der Waals surface area contributed by atoms with Crippen LogP contribution < -0.4 is 15.4 Å². The van der Waals surface area contributed by atoms with Crippen molar-refractivity contribution in [2.24, 2.45) is 13.0 Å². The second kappa shape index (κ2) is 7.70. The smallest absolute Gasteiger partial charge is 0.229 e. The lowest BCUT2D eigenvalue weighted by atomic mass is 9.90. The van der Waals surface area contributed by atoms with Crippen LogP contribution in [0.15, 0.2) is 30.6 Å². The van der Waals surface area contributed by atoms with Crippen molar-refractivity contribution in [2.45, 2.75) is 26.2 Å². The van der Waals surface area contributed by atoms with Crippen molar-refractivity contribution in [3.05, 3.63) is 41.7 Å². The zero-order valence-corrected chi connectivity index (χ0v) is 15.1. The Morgan fingerprint density at radius 1 is 1.44 bits per heavy atom. The number of aryl methyl sites for hydroxylation is 2. The third-order valence-corrected chi connectivity index (χ3v) is 4.63. The average Bonchev–Trinajstić information content (AvgIpc) is 3.23. The highest BCUT2D eigenvalue weighted by atomic mass is 16.5. The number of hydrogen-bond donors (Lipinski definition) is 2. The molecule has 1 aromatic heterocycles. The number of aromatic nitrogens is 2. The van der Waals surface area contributed by atoms with Crippen LogP contribution in [0.3, 0.4) is 0 Å². The fraction of sp³-hybridized carbons (Fsp3) is 0.474. The summed E-state index contributed by atoms with van der Waals surface area (Å²) in [6.45, 7) is 6.25. The number of anilines is 1. The Labute approximate surface area is 148 Å². The first kappa shape index (κ1) is 17.5. The SMILES string of the molecule is CCCOc1ccc(NC(=O)[C@H]2CNC[C@@H]2c2cnn(C)c2)c(C)c1. The van der Waals surface area contributed by atoms with Gasteiger partial charge >= 0.3 is 0 Å². The van der Waals surface area contributed by atoms with Crippen LogP contribution in [0.1, 0.15) is 30.4 Å². The third-order valence-electron chi connectivity index (χ3n) is 4.63. The predicted molar refractivity (Wildman–Crippen MR) is 97.9 cm³/mol. The molecule has 0 radical (unpaired) electrons. The van der Waals surface area contributed by atoms with Gasteiger partial charge in [-0.3, -0.25) is 9.48 Å². The van der Waals surface area contributed by atoms with Crippen molar-refractivity contribution in [1.82, 2.24) is 15.1 Å². The molecule has 1 amide bonds. The summed E-state index contributed by atoms with van der Waals surface area (Å²) in [4.78, 5) is 12.8. The van der Waals surface area contributed by atoms with E-state index in [2.05, 4.69) is 22.7 Å². The van der Waals surface area contributed by atoms with Gasteiger partial charge in [-0.25, -0.2) is 0 Å². The van der Waals surface area contributed by atoms with E-state index in [1.807, 2.05) is 44.6 Å². The zero-order chi connectivity index (χ0) is 17.8. The van der Waals surface area contributed by atoms with E-state index in [1.165, 1.54) is 0 Å². The van der Waals surface area contributed by atoms with Crippen LogP contribution in [0.4, 0.5) is 5.69 Å². The maximum Gasteiger partial charge on any atom is 0.229 e. The van der Waals surface area contributed by atoms with Gasteiger partial charge in [0.1, 0.15) is 5.75 Å². The highest BCUT2D eigenvalue weighted by molar-refractivity contribution is 5.94. The molecule has 0 unspecified atom stereocenters. The van der Waals surface area contributed by atoms with Crippen molar-refractivity contribution >= 4 is 11.6 Å². The van der Waals surface area contributed by atoms with Gasteiger partial charge in [0.2, 0.25) is 5.91 Å². The van der Waals surface area contributed by atoms with Crippen molar-refractivity contribution < 1.29 is 9.53 Å². The van der Waals surface area contributed by atoms with E-state index >= 15 is 0 Å². The molecule has 2 heterocycles. The van der Waals surface area contributed by atoms with E-state index in [9.17, 15) is 4.79 Å². The Bertz CT molecular complexity index is 741. The number of nitrogens with zero attached hydrogens (tertiary/aromatic N) is 2. The van der Waals surface area contributed by atoms with E-state index in [4.69, 9.17) is 4.74 Å². The normalized spacial score (nSPS) is 19.8. The number of carbonyl (C=O) groups excluding carboxylic acids is 1. The van der Waals surface area contributed by atoms with Gasteiger partial charge in [0, 0.05) is 37.9 Å². The lowest BCUT2D eigenvalue weighted by Gasteiger charge is -2.18. The maximum absolute atomic E-state index is 12.8. The second-order valence-electron chi connectivity index (χ2n) is 6.63. The number of benzene rings is 1. The summed E-state index contributed by atoms with van der Waals surface area (Å²) in [6, 6.07) is 5.79. The van der Waals surface area contributed by atoms with Crippen LogP contribution in [-0.2, 0) is 11.8 Å². The molecule has 1 aliphatic heterocycles. The molecule has 0 spiro atoms. The van der Waals surface area contributed by atoms with Crippen molar-refractivity contribution in [3.63, 3.8) is 0 Å². The zero-order valence-electron chi connectivity index (χ0n) is 15.1. The molecule has 1 saturated heterocycles. The molecule has 0 saturated carbocycles. The minimum atomic E-state index is -0.0976. The number of carbonyl (C=O) groups is 1. The molecule has 2 aromatic rings. The van der Waals surface area contributed by atoms with Crippen molar-refractivity contribution in [1.29, 1.82) is 0 Å². The number of rotatable bonds is 6. The van der Waals surface area contributed by atoms with E-state index in [0.717, 1.165) is 35.5 Å². The van der Waals surface area contributed by atoms with Crippen LogP contribution in [-0.4, -0.2) is 35.4 Å². The summed E-state index contributed by atoms with van der Waals surface area (Å²) in [5.74, 6) is 0.943. The second-order valence-corrected chi connectivity index (χ2v) is 6.63. The van der Waals surface area contributed by atoms with Crippen LogP contribution in [0, 0.1) is 12.8 Å². The first-order valence-electron chi connectivity index (χ1n) is 8.82. The minimum absolute atomic E-state index is 0.0455. The molecular weight excluding hydrogens is 316 g/mol. The molecule has 2 atom stereocenters. The Morgan fingerprint density at radius 2 is 2.28 bits per heavy atom. The fourth-order valence-electron chi connectivity index (χ4n) is 3.25. The monoisotopic (exact) mass is 342 g/mol. The summed E-state index contributed by atoms with van der Waals surface area (Å²) >= 11 is 0. The van der Waals surface area contributed by atoms with E-state index in [1.54, 1.807) is 4.68 Å². The Balaban J connectivity index is 1.69. The first-order valence-corrected chi connectivity index (χ1v) is 8.82. The topological polar surface area (TPSA) is 68.2 Å². The number of nitrogens with one attached hydrogen (secondary N) is 2. The molecule has 6 nitrogen and oxygen atoms in total. The molecule has 1 aromatic carbocycles. The summed E-state index contributed by atoms with van der Waals surface area (Å²) in [5.41, 5.74) is 2.95. The van der Waals surface area contributed by atoms with Gasteiger partial charge in [-0.1, -0.05) is 6.92 Å². The number of ether oxygens (including phenoxy) is 1. The van der Waals surface area contributed by atoms with Crippen molar-refractivity contribution in [3.8, 4) is 5.75 Å². The summed E-state index contributed by atoms with van der Waals surface area (Å²) < 4.78 is 7.42. The Morgan fingerprint density at radius 3 is 2.96 bits per heavy atom. The summed E-state index contributed by atoms with van der Waals surface area (Å²) in [6.07, 6.45) is 4.81. The molecule has 1 aliphatic rings. The van der Waals surface area contributed by atoms with Gasteiger partial charge in [0.25, 0.3) is 0 Å². The van der Waals surface area contributed by atoms with Crippen LogP contribution in [0.5, 0.6) is 5.75 Å². The molecule has 25 heavy (non-hydrogen) atoms. The number of hydrogen-bond acceptors (Lipinski definition) is 4. The van der Waals surface area contributed by atoms with Gasteiger partial charge in [-0.15, -0.1) is 0 Å². The van der Waals surface area contributed by atoms with Crippen molar-refractivity contribution in [2.75, 3.05) is 25.0 Å². The highest BCUT2D eigenvalue weighted by Crippen LogP contribution is 2.30. The average molecular weight is 342 g/mol. The van der Waals surface area contributed by atoms with Crippen LogP contribution in [0.2, 0.25) is 0 Å². The van der Waals surface area contributed by atoms with E-state index in [-0.39, 0.29) is 17.7 Å². The molecule has 3 rings (SSSR count). The van der Waals surface area contributed by atoms with Crippen LogP contribution in [0.25, 0.3) is 0 Å². The Kier molecular flexibility index (Phi) is 5.38. The Hall–Kier alpha value is -2.34. The molecule has 6 heteroatoms.